The van der Waals surface area contributed by atoms with Gasteiger partial charge in [-0.3, -0.25) is 14.9 Å². The van der Waals surface area contributed by atoms with Crippen LogP contribution in [0.15, 0.2) is 70.7 Å². The predicted octanol–water partition coefficient (Wildman–Crippen LogP) is 5.15. The number of nitrogens with one attached hydrogen (secondary N) is 1. The minimum absolute atomic E-state index is 0.00598. The van der Waals surface area contributed by atoms with Gasteiger partial charge in [0.1, 0.15) is 18.0 Å². The molecule has 178 valence electrons. The van der Waals surface area contributed by atoms with Gasteiger partial charge in [0.05, 0.1) is 12.8 Å². The maximum atomic E-state index is 13.9. The minimum atomic E-state index is -0.822. The van der Waals surface area contributed by atoms with Crippen molar-refractivity contribution in [2.75, 3.05) is 12.0 Å². The van der Waals surface area contributed by atoms with E-state index in [4.69, 9.17) is 9.47 Å². The molecule has 0 saturated carbocycles. The quantitative estimate of drug-likeness (QED) is 0.346. The second kappa shape index (κ2) is 10.1. The zero-order valence-electron chi connectivity index (χ0n) is 18.8. The number of barbiturate groups is 1. The molecule has 1 heterocycles. The van der Waals surface area contributed by atoms with Crippen LogP contribution in [0.3, 0.4) is 0 Å². The molecule has 0 aliphatic carbocycles. The standard InChI is InChI=1S/C26H20BrFN2O5/c1-15-11-18(27)8-9-21(15)30-25(32)19(24(31)29-26(30)33)12-16-7-10-22(23(13-16)34-2)35-14-17-5-3-4-6-20(17)28/h3-13H,14H2,1-2H3,(H,29,31,33)/b19-12-. The predicted molar refractivity (Wildman–Crippen MR) is 132 cm³/mol. The Hall–Kier alpha value is -3.98. The first-order valence-corrected chi connectivity index (χ1v) is 11.3. The van der Waals surface area contributed by atoms with Gasteiger partial charge in [0, 0.05) is 10.0 Å². The lowest BCUT2D eigenvalue weighted by Gasteiger charge is -2.27. The Kier molecular flexibility index (Phi) is 6.97. The van der Waals surface area contributed by atoms with E-state index in [2.05, 4.69) is 21.2 Å². The van der Waals surface area contributed by atoms with Crippen LogP contribution in [0, 0.1) is 12.7 Å². The Morgan fingerprint density at radius 3 is 2.51 bits per heavy atom. The number of hydrogen-bond donors (Lipinski definition) is 1. The molecule has 0 atom stereocenters. The van der Waals surface area contributed by atoms with Crippen molar-refractivity contribution < 1.29 is 28.2 Å². The van der Waals surface area contributed by atoms with Crippen LogP contribution >= 0.6 is 15.9 Å². The van der Waals surface area contributed by atoms with Crippen molar-refractivity contribution in [2.45, 2.75) is 13.5 Å². The molecule has 4 amide bonds. The van der Waals surface area contributed by atoms with Crippen LogP contribution in [-0.4, -0.2) is 25.0 Å². The molecule has 1 saturated heterocycles. The number of carbonyl (C=O) groups excluding carboxylic acids is 3. The first kappa shape index (κ1) is 24.2. The lowest BCUT2D eigenvalue weighted by molar-refractivity contribution is -0.122. The number of aryl methyl sites for hydroxylation is 1. The van der Waals surface area contributed by atoms with E-state index in [9.17, 15) is 18.8 Å². The van der Waals surface area contributed by atoms with Crippen molar-refractivity contribution in [1.82, 2.24) is 5.32 Å². The number of methoxy groups -OCH3 is 1. The molecule has 7 nitrogen and oxygen atoms in total. The van der Waals surface area contributed by atoms with E-state index in [1.54, 1.807) is 61.5 Å². The van der Waals surface area contributed by atoms with Crippen molar-refractivity contribution in [3.05, 3.63) is 93.2 Å². The van der Waals surface area contributed by atoms with Crippen molar-refractivity contribution in [3.8, 4) is 11.5 Å². The van der Waals surface area contributed by atoms with E-state index in [0.717, 1.165) is 9.37 Å². The van der Waals surface area contributed by atoms with Crippen LogP contribution in [0.5, 0.6) is 11.5 Å². The summed E-state index contributed by atoms with van der Waals surface area (Å²) < 4.78 is 25.8. The lowest BCUT2D eigenvalue weighted by atomic mass is 10.1. The van der Waals surface area contributed by atoms with Crippen LogP contribution in [0.25, 0.3) is 6.08 Å². The number of benzene rings is 3. The fourth-order valence-corrected chi connectivity index (χ4v) is 4.05. The van der Waals surface area contributed by atoms with Gasteiger partial charge in [0.15, 0.2) is 11.5 Å². The van der Waals surface area contributed by atoms with Gasteiger partial charge in [-0.25, -0.2) is 14.1 Å². The molecule has 4 rings (SSSR count). The maximum Gasteiger partial charge on any atom is 0.335 e. The second-order valence-corrected chi connectivity index (χ2v) is 8.59. The highest BCUT2D eigenvalue weighted by Crippen LogP contribution is 2.31. The fourth-order valence-electron chi connectivity index (χ4n) is 3.58. The van der Waals surface area contributed by atoms with Gasteiger partial charge >= 0.3 is 6.03 Å². The first-order chi connectivity index (χ1) is 16.8. The Balaban J connectivity index is 1.62. The molecular weight excluding hydrogens is 519 g/mol. The number of nitrogens with zero attached hydrogens (tertiary/aromatic N) is 1. The van der Waals surface area contributed by atoms with Crippen LogP contribution in [0.1, 0.15) is 16.7 Å². The van der Waals surface area contributed by atoms with Crippen LogP contribution in [0.4, 0.5) is 14.9 Å². The lowest BCUT2D eigenvalue weighted by Crippen LogP contribution is -2.54. The Labute approximate surface area is 209 Å². The monoisotopic (exact) mass is 538 g/mol. The highest BCUT2D eigenvalue weighted by molar-refractivity contribution is 9.10. The van der Waals surface area contributed by atoms with Gasteiger partial charge in [-0.1, -0.05) is 40.2 Å². The number of halogens is 2. The Morgan fingerprint density at radius 2 is 1.80 bits per heavy atom. The first-order valence-electron chi connectivity index (χ1n) is 10.5. The summed E-state index contributed by atoms with van der Waals surface area (Å²) in [4.78, 5) is 39.1. The number of rotatable bonds is 6. The molecule has 1 N–H and O–H groups in total. The number of anilines is 1. The Bertz CT molecular complexity index is 1370. The Morgan fingerprint density at radius 1 is 1.03 bits per heavy atom. The van der Waals surface area contributed by atoms with Crippen LogP contribution in [0.2, 0.25) is 0 Å². The molecule has 0 bridgehead atoms. The van der Waals surface area contributed by atoms with E-state index in [0.29, 0.717) is 33.9 Å². The normalized spacial score (nSPS) is 14.8. The summed E-state index contributed by atoms with van der Waals surface area (Å²) in [7, 11) is 1.44. The van der Waals surface area contributed by atoms with Gasteiger partial charge in [-0.15, -0.1) is 0 Å². The number of ether oxygens (including phenoxy) is 2. The van der Waals surface area contributed by atoms with E-state index >= 15 is 0 Å². The van der Waals surface area contributed by atoms with Gasteiger partial charge < -0.3 is 9.47 Å². The highest BCUT2D eigenvalue weighted by atomic mass is 79.9. The smallest absolute Gasteiger partial charge is 0.335 e. The molecule has 9 heteroatoms. The van der Waals surface area contributed by atoms with E-state index in [1.807, 2.05) is 0 Å². The molecule has 3 aromatic rings. The van der Waals surface area contributed by atoms with Crippen LogP contribution in [-0.2, 0) is 16.2 Å². The minimum Gasteiger partial charge on any atom is -0.493 e. The van der Waals surface area contributed by atoms with E-state index in [-0.39, 0.29) is 18.0 Å². The molecule has 1 aliphatic rings. The molecule has 1 aliphatic heterocycles. The molecule has 35 heavy (non-hydrogen) atoms. The van der Waals surface area contributed by atoms with Gasteiger partial charge in [0.25, 0.3) is 11.8 Å². The third-order valence-electron chi connectivity index (χ3n) is 5.34. The third kappa shape index (κ3) is 5.09. The summed E-state index contributed by atoms with van der Waals surface area (Å²) >= 11 is 3.35. The third-order valence-corrected chi connectivity index (χ3v) is 5.83. The summed E-state index contributed by atoms with van der Waals surface area (Å²) in [6, 6.07) is 15.3. The summed E-state index contributed by atoms with van der Waals surface area (Å²) in [5.41, 5.74) is 1.69. The molecule has 0 aromatic heterocycles. The molecule has 0 spiro atoms. The largest absolute Gasteiger partial charge is 0.493 e. The van der Waals surface area contributed by atoms with Crippen molar-refractivity contribution in [2.24, 2.45) is 0 Å². The average Bonchev–Trinajstić information content (AvgIpc) is 2.82. The van der Waals surface area contributed by atoms with E-state index in [1.165, 1.54) is 19.3 Å². The molecular formula is C26H20BrFN2O5. The SMILES string of the molecule is COc1cc(/C=C2/C(=O)NC(=O)N(c3ccc(Br)cc3C)C2=O)ccc1OCc1ccccc1F. The van der Waals surface area contributed by atoms with Crippen molar-refractivity contribution in [3.63, 3.8) is 0 Å². The van der Waals surface area contributed by atoms with Crippen molar-refractivity contribution in [1.29, 1.82) is 0 Å². The topological polar surface area (TPSA) is 84.9 Å². The molecule has 3 aromatic carbocycles. The van der Waals surface area contributed by atoms with Gasteiger partial charge in [0.2, 0.25) is 0 Å². The zero-order valence-corrected chi connectivity index (χ0v) is 20.4. The van der Waals surface area contributed by atoms with Gasteiger partial charge in [-0.2, -0.15) is 0 Å². The molecule has 0 unspecified atom stereocenters. The molecule has 0 radical (unpaired) electrons. The van der Waals surface area contributed by atoms with Crippen LogP contribution < -0.4 is 19.7 Å². The summed E-state index contributed by atoms with van der Waals surface area (Å²) in [5, 5.41) is 2.21. The second-order valence-electron chi connectivity index (χ2n) is 7.68. The van der Waals surface area contributed by atoms with E-state index < -0.39 is 17.8 Å². The number of imide groups is 2. The highest BCUT2D eigenvalue weighted by Gasteiger charge is 2.37. The summed E-state index contributed by atoms with van der Waals surface area (Å²) in [5.74, 6) is -1.24. The number of hydrogen-bond acceptors (Lipinski definition) is 5. The number of amides is 4. The number of urea groups is 1. The maximum absolute atomic E-state index is 13.9. The molecule has 1 fully saturated rings. The summed E-state index contributed by atoms with van der Waals surface area (Å²) in [6.07, 6.45) is 1.37. The van der Waals surface area contributed by atoms with Crippen molar-refractivity contribution >= 4 is 45.5 Å². The van der Waals surface area contributed by atoms with Gasteiger partial charge in [-0.05, 0) is 60.5 Å². The average molecular weight is 539 g/mol. The zero-order chi connectivity index (χ0) is 25.1. The summed E-state index contributed by atoms with van der Waals surface area (Å²) in [6.45, 7) is 1.75. The number of carbonyl (C=O) groups is 3. The fraction of sp³-hybridized carbons (Fsp3) is 0.115.